The minimum Gasteiger partial charge on any atom is -0.465 e. The minimum atomic E-state index is -3.66. The third-order valence-electron chi connectivity index (χ3n) is 4.04. The summed E-state index contributed by atoms with van der Waals surface area (Å²) in [5, 5.41) is 0. The third kappa shape index (κ3) is 3.11. The molecule has 21 heavy (non-hydrogen) atoms. The van der Waals surface area contributed by atoms with Crippen LogP contribution in [0.2, 0.25) is 0 Å². The predicted octanol–water partition coefficient (Wildman–Crippen LogP) is 2.14. The van der Waals surface area contributed by atoms with E-state index in [9.17, 15) is 13.2 Å². The Hall–Kier alpha value is -1.40. The van der Waals surface area contributed by atoms with Crippen LogP contribution in [0.25, 0.3) is 0 Å². The third-order valence-corrected chi connectivity index (χ3v) is 5.96. The van der Waals surface area contributed by atoms with Gasteiger partial charge in [0.25, 0.3) is 0 Å². The lowest BCUT2D eigenvalue weighted by molar-refractivity contribution is 0.0596. The van der Waals surface area contributed by atoms with Gasteiger partial charge in [-0.05, 0) is 30.4 Å². The Bertz CT molecular complexity index is 624. The van der Waals surface area contributed by atoms with Crippen molar-refractivity contribution in [2.45, 2.75) is 25.2 Å². The van der Waals surface area contributed by atoms with Crippen LogP contribution < -0.4 is 0 Å². The zero-order valence-corrected chi connectivity index (χ0v) is 13.4. The zero-order chi connectivity index (χ0) is 15.6. The molecule has 5 nitrogen and oxygen atoms in total. The van der Waals surface area contributed by atoms with E-state index in [4.69, 9.17) is 0 Å². The smallest absolute Gasteiger partial charge is 0.339 e. The summed E-state index contributed by atoms with van der Waals surface area (Å²) in [4.78, 5) is 11.8. The second kappa shape index (κ2) is 6.15. The molecular weight excluding hydrogens is 290 g/mol. The molecule has 116 valence electrons. The number of nitrogens with zero attached hydrogens (tertiary/aromatic N) is 1. The van der Waals surface area contributed by atoms with Crippen LogP contribution in [0.4, 0.5) is 0 Å². The lowest BCUT2D eigenvalue weighted by Crippen LogP contribution is -2.30. The second-order valence-corrected chi connectivity index (χ2v) is 7.55. The minimum absolute atomic E-state index is 0.0289. The van der Waals surface area contributed by atoms with E-state index in [0.717, 1.165) is 6.42 Å². The summed E-state index contributed by atoms with van der Waals surface area (Å²) >= 11 is 0. The van der Waals surface area contributed by atoms with Gasteiger partial charge in [0.1, 0.15) is 0 Å². The van der Waals surface area contributed by atoms with Crippen molar-refractivity contribution < 1.29 is 17.9 Å². The van der Waals surface area contributed by atoms with E-state index in [1.165, 1.54) is 23.5 Å². The average molecular weight is 311 g/mol. The number of rotatable bonds is 4. The Morgan fingerprint density at radius 2 is 2.00 bits per heavy atom. The number of hydrogen-bond donors (Lipinski definition) is 0. The summed E-state index contributed by atoms with van der Waals surface area (Å²) in [7, 11) is -2.41. The van der Waals surface area contributed by atoms with Gasteiger partial charge in [-0.3, -0.25) is 0 Å². The molecule has 0 radical (unpaired) electrons. The molecule has 0 N–H and O–H groups in total. The van der Waals surface area contributed by atoms with Crippen molar-refractivity contribution in [1.82, 2.24) is 4.31 Å². The van der Waals surface area contributed by atoms with Gasteiger partial charge in [-0.25, -0.2) is 13.2 Å². The molecule has 1 fully saturated rings. The molecule has 0 aliphatic carbocycles. The summed E-state index contributed by atoms with van der Waals surface area (Å²) in [5.41, 5.74) is 0.0907. The molecule has 1 saturated heterocycles. The first-order valence-corrected chi connectivity index (χ1v) is 8.49. The standard InChI is InChI=1S/C15H21NO4S/c1-11(2)12-8-9-16(10-12)21(18,19)14-7-5-4-6-13(14)15(17)20-3/h4-7,11-12H,8-10H2,1-3H3. The molecule has 2 rings (SSSR count). The van der Waals surface area contributed by atoms with Crippen LogP contribution in [0.1, 0.15) is 30.6 Å². The van der Waals surface area contributed by atoms with Gasteiger partial charge in [0, 0.05) is 13.1 Å². The van der Waals surface area contributed by atoms with Gasteiger partial charge >= 0.3 is 5.97 Å². The van der Waals surface area contributed by atoms with E-state index in [1.54, 1.807) is 12.1 Å². The molecule has 0 spiro atoms. The van der Waals surface area contributed by atoms with Crippen molar-refractivity contribution in [3.05, 3.63) is 29.8 Å². The van der Waals surface area contributed by atoms with E-state index in [2.05, 4.69) is 18.6 Å². The van der Waals surface area contributed by atoms with E-state index in [-0.39, 0.29) is 10.5 Å². The van der Waals surface area contributed by atoms with Gasteiger partial charge in [0.15, 0.2) is 0 Å². The Kier molecular flexibility index (Phi) is 4.68. The average Bonchev–Trinajstić information content (AvgIpc) is 2.97. The normalized spacial score (nSPS) is 19.9. The van der Waals surface area contributed by atoms with Crippen molar-refractivity contribution in [3.8, 4) is 0 Å². The van der Waals surface area contributed by atoms with Crippen molar-refractivity contribution in [1.29, 1.82) is 0 Å². The molecule has 1 aliphatic heterocycles. The number of carbonyl (C=O) groups is 1. The van der Waals surface area contributed by atoms with Crippen LogP contribution in [-0.4, -0.2) is 38.9 Å². The maximum absolute atomic E-state index is 12.8. The maximum Gasteiger partial charge on any atom is 0.339 e. The highest BCUT2D eigenvalue weighted by atomic mass is 32.2. The van der Waals surface area contributed by atoms with Gasteiger partial charge in [-0.15, -0.1) is 0 Å². The molecular formula is C15H21NO4S. The first-order chi connectivity index (χ1) is 9.87. The van der Waals surface area contributed by atoms with Crippen LogP contribution in [0.5, 0.6) is 0 Å². The highest BCUT2D eigenvalue weighted by Gasteiger charge is 2.35. The number of carbonyl (C=O) groups excluding carboxylic acids is 1. The zero-order valence-electron chi connectivity index (χ0n) is 12.6. The lowest BCUT2D eigenvalue weighted by atomic mass is 9.96. The molecule has 6 heteroatoms. The first-order valence-electron chi connectivity index (χ1n) is 7.05. The Morgan fingerprint density at radius 1 is 1.33 bits per heavy atom. The van der Waals surface area contributed by atoms with Crippen LogP contribution in [0.15, 0.2) is 29.2 Å². The molecule has 0 saturated carbocycles. The van der Waals surface area contributed by atoms with E-state index < -0.39 is 16.0 Å². The van der Waals surface area contributed by atoms with Crippen LogP contribution in [-0.2, 0) is 14.8 Å². The quantitative estimate of drug-likeness (QED) is 0.799. The Labute approximate surface area is 126 Å². The number of sulfonamides is 1. The summed E-state index contributed by atoms with van der Waals surface area (Å²) < 4.78 is 31.7. The van der Waals surface area contributed by atoms with Crippen LogP contribution in [0.3, 0.4) is 0 Å². The fourth-order valence-electron chi connectivity index (χ4n) is 2.63. The lowest BCUT2D eigenvalue weighted by Gasteiger charge is -2.19. The summed E-state index contributed by atoms with van der Waals surface area (Å²) in [5.74, 6) is 0.180. The molecule has 0 bridgehead atoms. The van der Waals surface area contributed by atoms with E-state index in [1.807, 2.05) is 0 Å². The topological polar surface area (TPSA) is 63.7 Å². The van der Waals surface area contributed by atoms with E-state index in [0.29, 0.717) is 24.9 Å². The van der Waals surface area contributed by atoms with Crippen molar-refractivity contribution in [2.75, 3.05) is 20.2 Å². The maximum atomic E-state index is 12.8. The largest absolute Gasteiger partial charge is 0.465 e. The number of benzene rings is 1. The molecule has 1 aliphatic rings. The SMILES string of the molecule is COC(=O)c1ccccc1S(=O)(=O)N1CCC(C(C)C)C1. The molecule has 1 aromatic carbocycles. The second-order valence-electron chi connectivity index (χ2n) is 5.64. The Balaban J connectivity index is 2.35. The van der Waals surface area contributed by atoms with E-state index >= 15 is 0 Å². The van der Waals surface area contributed by atoms with Gasteiger partial charge in [0.05, 0.1) is 17.6 Å². The number of esters is 1. The molecule has 1 unspecified atom stereocenters. The molecule has 0 amide bonds. The first kappa shape index (κ1) is 16.0. The highest BCUT2D eigenvalue weighted by molar-refractivity contribution is 7.89. The van der Waals surface area contributed by atoms with Gasteiger partial charge in [0.2, 0.25) is 10.0 Å². The van der Waals surface area contributed by atoms with Gasteiger partial charge in [-0.2, -0.15) is 4.31 Å². The highest BCUT2D eigenvalue weighted by Crippen LogP contribution is 2.29. The number of ether oxygens (including phenoxy) is 1. The van der Waals surface area contributed by atoms with Crippen LogP contribution in [0, 0.1) is 11.8 Å². The summed E-state index contributed by atoms with van der Waals surface area (Å²) in [6, 6.07) is 6.19. The molecule has 0 aromatic heterocycles. The summed E-state index contributed by atoms with van der Waals surface area (Å²) in [6.07, 6.45) is 0.858. The number of methoxy groups -OCH3 is 1. The van der Waals surface area contributed by atoms with Crippen molar-refractivity contribution in [3.63, 3.8) is 0 Å². The number of hydrogen-bond acceptors (Lipinski definition) is 4. The van der Waals surface area contributed by atoms with Gasteiger partial charge in [-0.1, -0.05) is 26.0 Å². The molecule has 1 aromatic rings. The predicted molar refractivity (Wildman–Crippen MR) is 79.5 cm³/mol. The van der Waals surface area contributed by atoms with Crippen molar-refractivity contribution in [2.24, 2.45) is 11.8 Å². The molecule has 1 heterocycles. The monoisotopic (exact) mass is 311 g/mol. The Morgan fingerprint density at radius 3 is 2.57 bits per heavy atom. The van der Waals surface area contributed by atoms with Crippen LogP contribution >= 0.6 is 0 Å². The van der Waals surface area contributed by atoms with Gasteiger partial charge < -0.3 is 4.74 Å². The van der Waals surface area contributed by atoms with Crippen molar-refractivity contribution >= 4 is 16.0 Å². The fraction of sp³-hybridized carbons (Fsp3) is 0.533. The molecule has 1 atom stereocenters. The fourth-order valence-corrected chi connectivity index (χ4v) is 4.32. The summed E-state index contributed by atoms with van der Waals surface area (Å²) in [6.45, 7) is 5.21.